The highest BCUT2D eigenvalue weighted by Gasteiger charge is 2.04. The molecule has 0 fully saturated rings. The van der Waals surface area contributed by atoms with Gasteiger partial charge in [-0.25, -0.2) is 0 Å². The van der Waals surface area contributed by atoms with Gasteiger partial charge < -0.3 is 0 Å². The summed E-state index contributed by atoms with van der Waals surface area (Å²) >= 11 is 7.56. The van der Waals surface area contributed by atoms with Crippen molar-refractivity contribution in [2.75, 3.05) is 0 Å². The Kier molecular flexibility index (Phi) is 2.38. The van der Waals surface area contributed by atoms with Gasteiger partial charge in [0.25, 0.3) is 0 Å². The Morgan fingerprint density at radius 3 is 2.38 bits per heavy atom. The fraction of sp³-hybridized carbons (Fsp3) is 0.0909. The molecule has 0 radical (unpaired) electrons. The van der Waals surface area contributed by atoms with Crippen LogP contribution >= 0.6 is 22.9 Å². The largest absolute Gasteiger partial charge is 0.128 e. The molecule has 0 saturated carbocycles. The third kappa shape index (κ3) is 1.77. The van der Waals surface area contributed by atoms with Crippen molar-refractivity contribution in [2.24, 2.45) is 0 Å². The lowest BCUT2D eigenvalue weighted by atomic mass is 10.1. The molecular formula is C11H9ClS. The van der Waals surface area contributed by atoms with E-state index in [1.165, 1.54) is 16.0 Å². The molecule has 0 unspecified atom stereocenters. The van der Waals surface area contributed by atoms with Gasteiger partial charge in [-0.2, -0.15) is 0 Å². The fourth-order valence-electron chi connectivity index (χ4n) is 1.35. The topological polar surface area (TPSA) is 0 Å². The quantitative estimate of drug-likeness (QED) is 0.653. The SMILES string of the molecule is Cc1sc(Cl)cc1-c1ccccc1. The monoisotopic (exact) mass is 208 g/mol. The van der Waals surface area contributed by atoms with Crippen LogP contribution in [0.5, 0.6) is 0 Å². The van der Waals surface area contributed by atoms with E-state index in [-0.39, 0.29) is 0 Å². The summed E-state index contributed by atoms with van der Waals surface area (Å²) in [6.45, 7) is 2.10. The van der Waals surface area contributed by atoms with Crippen molar-refractivity contribution < 1.29 is 0 Å². The van der Waals surface area contributed by atoms with Crippen LogP contribution in [0.1, 0.15) is 4.88 Å². The summed E-state index contributed by atoms with van der Waals surface area (Å²) in [5, 5.41) is 0. The van der Waals surface area contributed by atoms with Gasteiger partial charge in [0.2, 0.25) is 0 Å². The highest BCUT2D eigenvalue weighted by Crippen LogP contribution is 2.33. The summed E-state index contributed by atoms with van der Waals surface area (Å²) in [5.74, 6) is 0. The van der Waals surface area contributed by atoms with Crippen LogP contribution in [0.15, 0.2) is 36.4 Å². The molecule has 1 aromatic carbocycles. The maximum Gasteiger partial charge on any atom is 0.0937 e. The highest BCUT2D eigenvalue weighted by atomic mass is 35.5. The minimum absolute atomic E-state index is 0.858. The summed E-state index contributed by atoms with van der Waals surface area (Å²) in [7, 11) is 0. The van der Waals surface area contributed by atoms with Crippen molar-refractivity contribution in [3.05, 3.63) is 45.6 Å². The first-order valence-corrected chi connectivity index (χ1v) is 5.28. The van der Waals surface area contributed by atoms with Crippen LogP contribution in [0.3, 0.4) is 0 Å². The highest BCUT2D eigenvalue weighted by molar-refractivity contribution is 7.16. The number of hydrogen-bond acceptors (Lipinski definition) is 1. The van der Waals surface area contributed by atoms with Gasteiger partial charge in [-0.05, 0) is 24.1 Å². The standard InChI is InChI=1S/C11H9ClS/c1-8-10(7-11(12)13-8)9-5-3-2-4-6-9/h2-7H,1H3. The van der Waals surface area contributed by atoms with Crippen molar-refractivity contribution in [3.63, 3.8) is 0 Å². The van der Waals surface area contributed by atoms with Gasteiger partial charge in [-0.3, -0.25) is 0 Å². The zero-order valence-corrected chi connectivity index (χ0v) is 8.82. The third-order valence-electron chi connectivity index (χ3n) is 1.97. The van der Waals surface area contributed by atoms with E-state index in [0.717, 1.165) is 4.34 Å². The van der Waals surface area contributed by atoms with E-state index < -0.39 is 0 Å². The molecule has 2 aromatic rings. The average molecular weight is 209 g/mol. The Hall–Kier alpha value is -0.790. The Balaban J connectivity index is 2.53. The van der Waals surface area contributed by atoms with E-state index in [4.69, 9.17) is 11.6 Å². The third-order valence-corrected chi connectivity index (χ3v) is 3.15. The van der Waals surface area contributed by atoms with Crippen molar-refractivity contribution in [3.8, 4) is 11.1 Å². The maximum atomic E-state index is 5.93. The van der Waals surface area contributed by atoms with Gasteiger partial charge in [0.05, 0.1) is 4.34 Å². The molecule has 0 nitrogen and oxygen atoms in total. The predicted molar refractivity (Wildman–Crippen MR) is 59.5 cm³/mol. The average Bonchev–Trinajstić information content (AvgIpc) is 2.47. The molecule has 1 aromatic heterocycles. The number of rotatable bonds is 1. The Labute approximate surface area is 86.8 Å². The number of thiophene rings is 1. The first-order valence-electron chi connectivity index (χ1n) is 4.09. The molecule has 66 valence electrons. The molecule has 0 spiro atoms. The van der Waals surface area contributed by atoms with E-state index in [1.54, 1.807) is 11.3 Å². The molecule has 0 aliphatic heterocycles. The molecule has 0 bridgehead atoms. The van der Waals surface area contributed by atoms with Crippen LogP contribution in [-0.4, -0.2) is 0 Å². The van der Waals surface area contributed by atoms with Crippen LogP contribution in [0, 0.1) is 6.92 Å². The first kappa shape index (κ1) is 8.79. The molecule has 0 saturated heterocycles. The van der Waals surface area contributed by atoms with E-state index in [2.05, 4.69) is 19.1 Å². The Bertz CT molecular complexity index is 403. The molecule has 13 heavy (non-hydrogen) atoms. The minimum atomic E-state index is 0.858. The molecule has 1 heterocycles. The minimum Gasteiger partial charge on any atom is -0.128 e. The molecule has 0 atom stereocenters. The van der Waals surface area contributed by atoms with E-state index in [9.17, 15) is 0 Å². The van der Waals surface area contributed by atoms with Crippen LogP contribution in [0.4, 0.5) is 0 Å². The predicted octanol–water partition coefficient (Wildman–Crippen LogP) is 4.38. The summed E-state index contributed by atoms with van der Waals surface area (Å²) in [5.41, 5.74) is 2.48. The van der Waals surface area contributed by atoms with E-state index in [1.807, 2.05) is 24.3 Å². The molecule has 2 heteroatoms. The number of aryl methyl sites for hydroxylation is 1. The van der Waals surface area contributed by atoms with Crippen molar-refractivity contribution >= 4 is 22.9 Å². The second-order valence-electron chi connectivity index (χ2n) is 2.89. The lowest BCUT2D eigenvalue weighted by Gasteiger charge is -1.97. The smallest absolute Gasteiger partial charge is 0.0937 e. The lowest BCUT2D eigenvalue weighted by Crippen LogP contribution is -1.73. The van der Waals surface area contributed by atoms with Gasteiger partial charge in [-0.1, -0.05) is 41.9 Å². The Morgan fingerprint density at radius 1 is 1.15 bits per heavy atom. The second-order valence-corrected chi connectivity index (χ2v) is 4.77. The molecular weight excluding hydrogens is 200 g/mol. The first-order chi connectivity index (χ1) is 6.27. The van der Waals surface area contributed by atoms with Crippen LogP contribution in [0.25, 0.3) is 11.1 Å². The fourth-order valence-corrected chi connectivity index (χ4v) is 2.56. The van der Waals surface area contributed by atoms with Gasteiger partial charge in [0.15, 0.2) is 0 Å². The normalized spacial score (nSPS) is 10.3. The lowest BCUT2D eigenvalue weighted by molar-refractivity contribution is 1.58. The zero-order valence-electron chi connectivity index (χ0n) is 7.25. The molecule has 0 N–H and O–H groups in total. The van der Waals surface area contributed by atoms with Crippen LogP contribution < -0.4 is 0 Å². The number of benzene rings is 1. The van der Waals surface area contributed by atoms with Gasteiger partial charge >= 0.3 is 0 Å². The van der Waals surface area contributed by atoms with Crippen molar-refractivity contribution in [1.29, 1.82) is 0 Å². The zero-order chi connectivity index (χ0) is 9.26. The summed E-state index contributed by atoms with van der Waals surface area (Å²) < 4.78 is 0.858. The van der Waals surface area contributed by atoms with E-state index >= 15 is 0 Å². The molecule has 0 aliphatic carbocycles. The maximum absolute atomic E-state index is 5.93. The molecule has 0 amide bonds. The van der Waals surface area contributed by atoms with Gasteiger partial charge in [0.1, 0.15) is 0 Å². The molecule has 0 aliphatic rings. The molecule has 2 rings (SSSR count). The van der Waals surface area contributed by atoms with Crippen LogP contribution in [0.2, 0.25) is 4.34 Å². The second kappa shape index (κ2) is 3.52. The van der Waals surface area contributed by atoms with Gasteiger partial charge in [-0.15, -0.1) is 11.3 Å². The van der Waals surface area contributed by atoms with E-state index in [0.29, 0.717) is 0 Å². The summed E-state index contributed by atoms with van der Waals surface area (Å²) in [6.07, 6.45) is 0. The van der Waals surface area contributed by atoms with Gasteiger partial charge in [0, 0.05) is 4.88 Å². The number of halogens is 1. The summed E-state index contributed by atoms with van der Waals surface area (Å²) in [6, 6.07) is 12.3. The van der Waals surface area contributed by atoms with Crippen LogP contribution in [-0.2, 0) is 0 Å². The number of hydrogen-bond donors (Lipinski definition) is 0. The van der Waals surface area contributed by atoms with Crippen molar-refractivity contribution in [1.82, 2.24) is 0 Å². The Morgan fingerprint density at radius 2 is 1.85 bits per heavy atom. The summed E-state index contributed by atoms with van der Waals surface area (Å²) in [4.78, 5) is 1.27. The van der Waals surface area contributed by atoms with Crippen molar-refractivity contribution in [2.45, 2.75) is 6.92 Å².